The SMILES string of the molecule is Cc1ccccc1S[C@H]1C2C3[C@@H]2C[C@@H]1[C@@H]3O. The molecule has 5 rings (SSSR count). The minimum atomic E-state index is 0.0246. The summed E-state index contributed by atoms with van der Waals surface area (Å²) in [6.45, 7) is 2.18. The average molecular weight is 232 g/mol. The summed E-state index contributed by atoms with van der Waals surface area (Å²) in [7, 11) is 0. The molecule has 2 heteroatoms. The fourth-order valence-corrected chi connectivity index (χ4v) is 5.73. The van der Waals surface area contributed by atoms with Gasteiger partial charge in [-0.1, -0.05) is 18.2 Å². The van der Waals surface area contributed by atoms with Crippen LogP contribution in [0.3, 0.4) is 0 Å². The monoisotopic (exact) mass is 232 g/mol. The van der Waals surface area contributed by atoms with Gasteiger partial charge < -0.3 is 5.11 Å². The highest BCUT2D eigenvalue weighted by Gasteiger charge is 2.73. The fraction of sp³-hybridized carbons (Fsp3) is 0.571. The van der Waals surface area contributed by atoms with Gasteiger partial charge in [-0.25, -0.2) is 0 Å². The molecule has 1 N–H and O–H groups in total. The van der Waals surface area contributed by atoms with Crippen molar-refractivity contribution >= 4 is 11.8 Å². The molecular formula is C14H16OS. The van der Waals surface area contributed by atoms with E-state index in [0.29, 0.717) is 17.1 Å². The van der Waals surface area contributed by atoms with Gasteiger partial charge in [0.1, 0.15) is 0 Å². The van der Waals surface area contributed by atoms with Crippen molar-refractivity contribution in [2.24, 2.45) is 23.7 Å². The first-order chi connectivity index (χ1) is 7.77. The van der Waals surface area contributed by atoms with Gasteiger partial charge in [0.15, 0.2) is 0 Å². The summed E-state index contributed by atoms with van der Waals surface area (Å²) in [6, 6.07) is 8.63. The molecule has 4 fully saturated rings. The van der Waals surface area contributed by atoms with Crippen molar-refractivity contribution in [1.82, 2.24) is 0 Å². The lowest BCUT2D eigenvalue weighted by molar-refractivity contribution is 0.136. The maximum Gasteiger partial charge on any atom is 0.0613 e. The van der Waals surface area contributed by atoms with Gasteiger partial charge >= 0.3 is 0 Å². The summed E-state index contributed by atoms with van der Waals surface area (Å²) in [5.41, 5.74) is 1.38. The number of aliphatic hydroxyl groups excluding tert-OH is 1. The minimum absolute atomic E-state index is 0.0246. The highest BCUT2D eigenvalue weighted by atomic mass is 32.2. The lowest BCUT2D eigenvalue weighted by Gasteiger charge is -2.17. The first-order valence-electron chi connectivity index (χ1n) is 6.18. The number of rotatable bonds is 2. The lowest BCUT2D eigenvalue weighted by Crippen LogP contribution is -2.17. The van der Waals surface area contributed by atoms with Gasteiger partial charge in [-0.2, -0.15) is 0 Å². The predicted molar refractivity (Wildman–Crippen MR) is 65.4 cm³/mol. The van der Waals surface area contributed by atoms with E-state index in [1.165, 1.54) is 16.9 Å². The molecule has 4 bridgehead atoms. The van der Waals surface area contributed by atoms with E-state index >= 15 is 0 Å². The second-order valence-corrected chi connectivity index (χ2v) is 6.78. The van der Waals surface area contributed by atoms with Crippen LogP contribution in [0.1, 0.15) is 12.0 Å². The molecule has 84 valence electrons. The summed E-state index contributed by atoms with van der Waals surface area (Å²) in [4.78, 5) is 1.41. The van der Waals surface area contributed by atoms with E-state index in [9.17, 15) is 5.11 Å². The summed E-state index contributed by atoms with van der Waals surface area (Å²) in [5.74, 6) is 2.97. The number of aliphatic hydroxyl groups is 1. The molecule has 4 aliphatic rings. The number of hydrogen-bond donors (Lipinski definition) is 1. The zero-order chi connectivity index (χ0) is 10.9. The third kappa shape index (κ3) is 1.07. The Balaban J connectivity index is 1.60. The van der Waals surface area contributed by atoms with E-state index in [0.717, 1.165) is 11.8 Å². The first kappa shape index (κ1) is 9.55. The van der Waals surface area contributed by atoms with Gasteiger partial charge in [-0.05, 0) is 48.6 Å². The molecule has 0 saturated heterocycles. The van der Waals surface area contributed by atoms with Crippen molar-refractivity contribution in [3.63, 3.8) is 0 Å². The molecule has 0 radical (unpaired) electrons. The molecular weight excluding hydrogens is 216 g/mol. The highest BCUT2D eigenvalue weighted by molar-refractivity contribution is 8.00. The summed E-state index contributed by atoms with van der Waals surface area (Å²) in [5, 5.41) is 10.8. The number of hydrogen-bond acceptors (Lipinski definition) is 2. The second kappa shape index (κ2) is 3.05. The van der Waals surface area contributed by atoms with Crippen molar-refractivity contribution in [2.45, 2.75) is 29.6 Å². The standard InChI is InChI=1S/C14H16OS/c1-7-4-2-3-5-10(7)16-14-9-6-8-11(12(8)14)13(9)15/h2-5,8-9,11-15H,6H2,1H3/t8-,9+,11?,12?,13-,14+/m0/s1. The molecule has 0 spiro atoms. The van der Waals surface area contributed by atoms with Crippen LogP contribution in [0.4, 0.5) is 0 Å². The van der Waals surface area contributed by atoms with Crippen LogP contribution in [0, 0.1) is 30.6 Å². The Morgan fingerprint density at radius 3 is 2.56 bits per heavy atom. The Bertz CT molecular complexity index is 444. The van der Waals surface area contributed by atoms with Crippen molar-refractivity contribution < 1.29 is 5.11 Å². The van der Waals surface area contributed by atoms with Gasteiger partial charge in [-0.3, -0.25) is 0 Å². The van der Waals surface area contributed by atoms with Crippen molar-refractivity contribution in [3.8, 4) is 0 Å². The zero-order valence-electron chi connectivity index (χ0n) is 9.34. The van der Waals surface area contributed by atoms with Crippen LogP contribution in [-0.2, 0) is 0 Å². The number of aryl methyl sites for hydroxylation is 1. The summed E-state index contributed by atoms with van der Waals surface area (Å²) < 4.78 is 0. The lowest BCUT2D eigenvalue weighted by atomic mass is 10.1. The fourth-order valence-electron chi connectivity index (χ4n) is 4.04. The van der Waals surface area contributed by atoms with E-state index < -0.39 is 0 Å². The molecule has 1 aromatic rings. The van der Waals surface area contributed by atoms with Crippen LogP contribution in [0.25, 0.3) is 0 Å². The minimum Gasteiger partial charge on any atom is -0.392 e. The third-order valence-electron chi connectivity index (χ3n) is 4.83. The zero-order valence-corrected chi connectivity index (χ0v) is 10.2. The molecule has 0 aromatic heterocycles. The van der Waals surface area contributed by atoms with Gasteiger partial charge in [0.2, 0.25) is 0 Å². The summed E-state index contributed by atoms with van der Waals surface area (Å²) in [6.07, 6.45) is 1.32. The van der Waals surface area contributed by atoms with Gasteiger partial charge in [0.25, 0.3) is 0 Å². The Kier molecular flexibility index (Phi) is 1.82. The van der Waals surface area contributed by atoms with Crippen LogP contribution >= 0.6 is 11.8 Å². The van der Waals surface area contributed by atoms with Crippen LogP contribution in [0.15, 0.2) is 29.2 Å². The van der Waals surface area contributed by atoms with Crippen LogP contribution in [0.5, 0.6) is 0 Å². The maximum absolute atomic E-state index is 10.1. The molecule has 1 aromatic carbocycles. The third-order valence-corrected chi connectivity index (χ3v) is 6.48. The van der Waals surface area contributed by atoms with E-state index in [1.54, 1.807) is 0 Å². The van der Waals surface area contributed by atoms with Crippen LogP contribution in [-0.4, -0.2) is 16.5 Å². The molecule has 4 saturated carbocycles. The molecule has 16 heavy (non-hydrogen) atoms. The number of benzene rings is 1. The Labute approximate surface area is 100 Å². The smallest absolute Gasteiger partial charge is 0.0613 e. The number of thioether (sulfide) groups is 1. The van der Waals surface area contributed by atoms with E-state index in [-0.39, 0.29) is 6.10 Å². The van der Waals surface area contributed by atoms with Crippen LogP contribution in [0.2, 0.25) is 0 Å². The van der Waals surface area contributed by atoms with Crippen molar-refractivity contribution in [2.75, 3.05) is 0 Å². The first-order valence-corrected chi connectivity index (χ1v) is 7.05. The van der Waals surface area contributed by atoms with Gasteiger partial charge in [0, 0.05) is 10.1 Å². The van der Waals surface area contributed by atoms with E-state index in [1.807, 2.05) is 11.8 Å². The molecule has 4 aliphatic carbocycles. The van der Waals surface area contributed by atoms with Crippen molar-refractivity contribution in [1.29, 1.82) is 0 Å². The van der Waals surface area contributed by atoms with Crippen LogP contribution < -0.4 is 0 Å². The van der Waals surface area contributed by atoms with Gasteiger partial charge in [0.05, 0.1) is 6.10 Å². The normalized spacial score (nSPS) is 47.4. The largest absolute Gasteiger partial charge is 0.392 e. The molecule has 2 unspecified atom stereocenters. The quantitative estimate of drug-likeness (QED) is 0.846. The Morgan fingerprint density at radius 2 is 2.00 bits per heavy atom. The molecule has 6 atom stereocenters. The Morgan fingerprint density at radius 1 is 1.19 bits per heavy atom. The maximum atomic E-state index is 10.1. The molecule has 0 aliphatic heterocycles. The van der Waals surface area contributed by atoms with E-state index in [2.05, 4.69) is 31.2 Å². The molecule has 0 amide bonds. The van der Waals surface area contributed by atoms with Crippen molar-refractivity contribution in [3.05, 3.63) is 29.8 Å². The Hall–Kier alpha value is -0.470. The second-order valence-electron chi connectivity index (χ2n) is 5.56. The molecule has 0 heterocycles. The van der Waals surface area contributed by atoms with E-state index in [4.69, 9.17) is 0 Å². The topological polar surface area (TPSA) is 20.2 Å². The predicted octanol–water partition coefficient (Wildman–Crippen LogP) is 2.71. The van der Waals surface area contributed by atoms with Gasteiger partial charge in [-0.15, -0.1) is 11.8 Å². The summed E-state index contributed by atoms with van der Waals surface area (Å²) >= 11 is 2.02. The molecule has 1 nitrogen and oxygen atoms in total. The highest BCUT2D eigenvalue weighted by Crippen LogP contribution is 2.73. The average Bonchev–Trinajstić information content (AvgIpc) is 2.58.